The normalized spacial score (nSPS) is 27.1. The summed E-state index contributed by atoms with van der Waals surface area (Å²) >= 11 is 18.7. The average Bonchev–Trinajstić information content (AvgIpc) is 3.51. The van der Waals surface area contributed by atoms with E-state index in [2.05, 4.69) is 18.9 Å². The van der Waals surface area contributed by atoms with Crippen LogP contribution in [0.4, 0.5) is 11.4 Å². The van der Waals surface area contributed by atoms with Gasteiger partial charge in [-0.1, -0.05) is 60.8 Å². The Morgan fingerprint density at radius 2 is 1.97 bits per heavy atom. The summed E-state index contributed by atoms with van der Waals surface area (Å²) in [6.07, 6.45) is 1.71. The van der Waals surface area contributed by atoms with Crippen LogP contribution in [-0.4, -0.2) is 35.8 Å². The second kappa shape index (κ2) is 11.0. The van der Waals surface area contributed by atoms with Gasteiger partial charge in [0.15, 0.2) is 6.10 Å². The molecule has 3 aliphatic rings. The number of anilines is 2. The fourth-order valence-corrected chi connectivity index (χ4v) is 6.94. The highest BCUT2D eigenvalue weighted by atomic mass is 35.5. The summed E-state index contributed by atoms with van der Waals surface area (Å²) in [6.45, 7) is 6.83. The number of rotatable bonds is 7. The Morgan fingerprint density at radius 1 is 1.26 bits per heavy atom. The maximum Gasteiger partial charge on any atom is 0.259 e. The van der Waals surface area contributed by atoms with Gasteiger partial charge in [-0.05, 0) is 67.9 Å². The monoisotopic (exact) mass is 592 g/mol. The quantitative estimate of drug-likeness (QED) is 0.299. The van der Waals surface area contributed by atoms with Gasteiger partial charge in [-0.15, -0.1) is 0 Å². The largest absolute Gasteiger partial charge is 0.355 e. The SMILES string of the molecule is CCN(C(=O)C1OC12CCC(C)CC2C)c1cccc(C(ON)C2=NN(c3c(Cl)cc(Cl)cc3Cl)C(=O)C2)c1. The van der Waals surface area contributed by atoms with Crippen molar-refractivity contribution in [1.82, 2.24) is 0 Å². The van der Waals surface area contributed by atoms with Crippen molar-refractivity contribution in [3.63, 3.8) is 0 Å². The number of hydrazone groups is 1. The number of nitrogens with zero attached hydrogens (tertiary/aromatic N) is 3. The standard InChI is InChI=1S/C28H31Cl3N4O4/c1-4-34(27(37)26-28(38-26)9-8-15(2)10-16(28)3)19-7-5-6-17(11-19)25(39-32)22-14-23(36)35(33-22)24-20(30)12-18(29)13-21(24)31/h5-7,11-13,15-16,25-26H,4,8-10,14,32H2,1-3H3. The fraction of sp³-hybridized carbons (Fsp3) is 0.464. The van der Waals surface area contributed by atoms with Gasteiger partial charge in [0.1, 0.15) is 17.4 Å². The van der Waals surface area contributed by atoms with Crippen molar-refractivity contribution in [2.75, 3.05) is 16.5 Å². The van der Waals surface area contributed by atoms with Gasteiger partial charge in [0.25, 0.3) is 11.8 Å². The Morgan fingerprint density at radius 3 is 2.62 bits per heavy atom. The lowest BCUT2D eigenvalue weighted by molar-refractivity contribution is -0.120. The van der Waals surface area contributed by atoms with Gasteiger partial charge < -0.3 is 9.64 Å². The van der Waals surface area contributed by atoms with Crippen LogP contribution in [0.3, 0.4) is 0 Å². The third-order valence-electron chi connectivity index (χ3n) is 8.06. The van der Waals surface area contributed by atoms with Crippen LogP contribution in [0.15, 0.2) is 41.5 Å². The molecule has 1 saturated heterocycles. The molecule has 0 aromatic heterocycles. The van der Waals surface area contributed by atoms with Gasteiger partial charge in [-0.25, -0.2) is 5.90 Å². The number of benzene rings is 2. The molecule has 8 nitrogen and oxygen atoms in total. The maximum atomic E-state index is 13.6. The highest BCUT2D eigenvalue weighted by Crippen LogP contribution is 2.53. The minimum atomic E-state index is -0.832. The van der Waals surface area contributed by atoms with Gasteiger partial charge in [-0.2, -0.15) is 10.1 Å². The number of hydrogen-bond acceptors (Lipinski definition) is 6. The van der Waals surface area contributed by atoms with Crippen molar-refractivity contribution in [1.29, 1.82) is 0 Å². The van der Waals surface area contributed by atoms with Gasteiger partial charge in [-0.3, -0.25) is 14.4 Å². The molecule has 2 amide bonds. The molecule has 2 fully saturated rings. The Kier molecular flexibility index (Phi) is 7.99. The van der Waals surface area contributed by atoms with Crippen molar-refractivity contribution in [3.8, 4) is 0 Å². The van der Waals surface area contributed by atoms with Crippen LogP contribution in [0, 0.1) is 11.8 Å². The Hall–Kier alpha value is -2.20. The van der Waals surface area contributed by atoms with E-state index in [4.69, 9.17) is 50.3 Å². The topological polar surface area (TPSA) is 101 Å². The molecule has 2 aromatic carbocycles. The molecule has 2 N–H and O–H groups in total. The fourth-order valence-electron chi connectivity index (χ4n) is 5.97. The van der Waals surface area contributed by atoms with Gasteiger partial charge in [0.2, 0.25) is 0 Å². The first kappa shape index (κ1) is 28.3. The van der Waals surface area contributed by atoms with Crippen molar-refractivity contribution in [3.05, 3.63) is 57.0 Å². The number of carbonyl (C=O) groups excluding carboxylic acids is 2. The molecule has 2 aliphatic heterocycles. The zero-order valence-corrected chi connectivity index (χ0v) is 24.3. The first-order chi connectivity index (χ1) is 18.6. The third kappa shape index (κ3) is 5.19. The lowest BCUT2D eigenvalue weighted by Gasteiger charge is -2.31. The molecule has 2 heterocycles. The minimum Gasteiger partial charge on any atom is -0.355 e. The summed E-state index contributed by atoms with van der Waals surface area (Å²) in [4.78, 5) is 33.6. The molecular weight excluding hydrogens is 563 g/mol. The zero-order valence-electron chi connectivity index (χ0n) is 22.0. The molecule has 0 bridgehead atoms. The number of amides is 2. The van der Waals surface area contributed by atoms with Crippen LogP contribution < -0.4 is 15.8 Å². The van der Waals surface area contributed by atoms with E-state index in [1.54, 1.807) is 4.90 Å². The van der Waals surface area contributed by atoms with E-state index < -0.39 is 12.2 Å². The van der Waals surface area contributed by atoms with E-state index in [1.807, 2.05) is 31.2 Å². The zero-order chi connectivity index (χ0) is 28.1. The van der Waals surface area contributed by atoms with E-state index in [0.717, 1.165) is 24.3 Å². The third-order valence-corrected chi connectivity index (χ3v) is 8.86. The van der Waals surface area contributed by atoms with Crippen molar-refractivity contribution < 1.29 is 19.2 Å². The molecule has 1 saturated carbocycles. The molecule has 5 rings (SSSR count). The molecule has 1 spiro atoms. The van der Waals surface area contributed by atoms with Crippen molar-refractivity contribution in [2.45, 2.75) is 64.3 Å². The second-order valence-corrected chi connectivity index (χ2v) is 11.9. The van der Waals surface area contributed by atoms with E-state index in [0.29, 0.717) is 40.4 Å². The lowest BCUT2D eigenvalue weighted by Crippen LogP contribution is -2.41. The highest BCUT2D eigenvalue weighted by Gasteiger charge is 2.65. The van der Waals surface area contributed by atoms with E-state index in [1.165, 1.54) is 12.1 Å². The van der Waals surface area contributed by atoms with Crippen LogP contribution in [0.2, 0.25) is 15.1 Å². The Balaban J connectivity index is 1.39. The first-order valence-electron chi connectivity index (χ1n) is 13.1. The van der Waals surface area contributed by atoms with Crippen LogP contribution in [0.5, 0.6) is 0 Å². The van der Waals surface area contributed by atoms with Crippen LogP contribution >= 0.6 is 34.8 Å². The molecule has 0 radical (unpaired) electrons. The first-order valence-corrected chi connectivity index (χ1v) is 14.2. The number of halogens is 3. The number of ether oxygens (including phenoxy) is 1. The van der Waals surface area contributed by atoms with Crippen LogP contribution in [0.25, 0.3) is 0 Å². The Labute approximate surface area is 242 Å². The predicted molar refractivity (Wildman–Crippen MR) is 153 cm³/mol. The summed E-state index contributed by atoms with van der Waals surface area (Å²) in [5, 5.41) is 6.33. The molecule has 39 heavy (non-hydrogen) atoms. The van der Waals surface area contributed by atoms with E-state index in [-0.39, 0.29) is 39.6 Å². The van der Waals surface area contributed by atoms with Crippen molar-refractivity contribution in [2.24, 2.45) is 22.8 Å². The van der Waals surface area contributed by atoms with Crippen LogP contribution in [-0.2, 0) is 19.2 Å². The van der Waals surface area contributed by atoms with Crippen molar-refractivity contribution >= 4 is 63.7 Å². The summed E-state index contributed by atoms with van der Waals surface area (Å²) in [5.41, 5.74) is 1.60. The average molecular weight is 594 g/mol. The molecular formula is C28H31Cl3N4O4. The molecule has 2 aromatic rings. The summed E-state index contributed by atoms with van der Waals surface area (Å²) < 4.78 is 6.12. The number of nitrogens with two attached hydrogens (primary N) is 1. The lowest BCUT2D eigenvalue weighted by atomic mass is 9.73. The Bertz CT molecular complexity index is 1310. The second-order valence-electron chi connectivity index (χ2n) is 10.6. The van der Waals surface area contributed by atoms with Crippen LogP contribution in [0.1, 0.15) is 58.1 Å². The van der Waals surface area contributed by atoms with Gasteiger partial charge in [0, 0.05) is 17.3 Å². The molecule has 5 unspecified atom stereocenters. The summed E-state index contributed by atoms with van der Waals surface area (Å²) in [7, 11) is 0. The maximum absolute atomic E-state index is 13.6. The number of carbonyl (C=O) groups is 2. The summed E-state index contributed by atoms with van der Waals surface area (Å²) in [5.74, 6) is 6.30. The highest BCUT2D eigenvalue weighted by molar-refractivity contribution is 6.42. The predicted octanol–water partition coefficient (Wildman–Crippen LogP) is 6.32. The minimum absolute atomic E-state index is 0.0483. The van der Waals surface area contributed by atoms with E-state index in [9.17, 15) is 9.59 Å². The van der Waals surface area contributed by atoms with E-state index >= 15 is 0 Å². The van der Waals surface area contributed by atoms with Gasteiger partial charge in [0.05, 0.1) is 22.2 Å². The molecule has 1 aliphatic carbocycles. The molecule has 208 valence electrons. The smallest absolute Gasteiger partial charge is 0.259 e. The molecule has 5 atom stereocenters. The summed E-state index contributed by atoms with van der Waals surface area (Å²) in [6, 6.07) is 10.3. The number of hydrogen-bond donors (Lipinski definition) is 1. The molecule has 11 heteroatoms. The van der Waals surface area contributed by atoms with Gasteiger partial charge >= 0.3 is 0 Å². The number of likely N-dealkylation sites (N-methyl/N-ethyl adjacent to an activating group) is 1. The number of epoxide rings is 1.